The molecule has 3 rings (SSSR count). The molecule has 0 aliphatic carbocycles. The maximum absolute atomic E-state index is 12.6. The fourth-order valence-electron chi connectivity index (χ4n) is 3.52. The highest BCUT2D eigenvalue weighted by Crippen LogP contribution is 2.27. The van der Waals surface area contributed by atoms with Crippen LogP contribution in [0.1, 0.15) is 31.5 Å². The van der Waals surface area contributed by atoms with Gasteiger partial charge in [0.2, 0.25) is 5.91 Å². The summed E-state index contributed by atoms with van der Waals surface area (Å²) in [6, 6.07) is 13.0. The van der Waals surface area contributed by atoms with Gasteiger partial charge in [-0.2, -0.15) is 0 Å². The Morgan fingerprint density at radius 1 is 1.03 bits per heavy atom. The van der Waals surface area contributed by atoms with E-state index in [2.05, 4.69) is 29.0 Å². The molecule has 9 nitrogen and oxygen atoms in total. The van der Waals surface area contributed by atoms with E-state index in [-0.39, 0.29) is 30.0 Å². The van der Waals surface area contributed by atoms with E-state index in [1.54, 1.807) is 26.2 Å². The van der Waals surface area contributed by atoms with Gasteiger partial charge in [-0.15, -0.1) is 10.2 Å². The number of ether oxygens (including phenoxy) is 3. The first-order chi connectivity index (χ1) is 17.3. The zero-order chi connectivity index (χ0) is 26.1. The highest BCUT2D eigenvalue weighted by molar-refractivity contribution is 5.76. The van der Waals surface area contributed by atoms with E-state index in [9.17, 15) is 9.59 Å². The van der Waals surface area contributed by atoms with Gasteiger partial charge in [0.1, 0.15) is 11.4 Å². The average Bonchev–Trinajstić information content (AvgIpc) is 2.89. The molecule has 0 saturated heterocycles. The van der Waals surface area contributed by atoms with Crippen molar-refractivity contribution >= 4 is 5.91 Å². The highest BCUT2D eigenvalue weighted by Gasteiger charge is 2.14. The topological polar surface area (TPSA) is 107 Å². The van der Waals surface area contributed by atoms with E-state index in [1.807, 2.05) is 42.5 Å². The lowest BCUT2D eigenvalue weighted by molar-refractivity contribution is -0.129. The lowest BCUT2D eigenvalue weighted by Crippen LogP contribution is -2.30. The molecule has 0 fully saturated rings. The van der Waals surface area contributed by atoms with Gasteiger partial charge >= 0.3 is 0 Å². The molecular formula is C27H34N4O5. The van der Waals surface area contributed by atoms with Crippen LogP contribution >= 0.6 is 0 Å². The second-order valence-electron chi connectivity index (χ2n) is 8.94. The Hall–Kier alpha value is -3.88. The summed E-state index contributed by atoms with van der Waals surface area (Å²) in [6.07, 6.45) is 1.04. The summed E-state index contributed by atoms with van der Waals surface area (Å²) in [7, 11) is 4.93. The number of carbonyl (C=O) groups is 1. The predicted molar refractivity (Wildman–Crippen MR) is 138 cm³/mol. The number of nitrogens with zero attached hydrogens (tertiary/aromatic N) is 3. The van der Waals surface area contributed by atoms with Gasteiger partial charge in [-0.3, -0.25) is 9.59 Å². The largest absolute Gasteiger partial charge is 0.493 e. The number of likely N-dealkylation sites (N-methyl/N-ethyl adjacent to an activating group) is 1. The fraction of sp³-hybridized carbons (Fsp3) is 0.407. The molecule has 0 aliphatic heterocycles. The van der Waals surface area contributed by atoms with Crippen LogP contribution < -0.4 is 19.8 Å². The van der Waals surface area contributed by atoms with Crippen LogP contribution in [0, 0.1) is 5.92 Å². The van der Waals surface area contributed by atoms with Crippen molar-refractivity contribution in [1.82, 2.24) is 20.1 Å². The summed E-state index contributed by atoms with van der Waals surface area (Å²) in [6.45, 7) is 5.28. The normalized spacial score (nSPS) is 10.8. The zero-order valence-electron chi connectivity index (χ0n) is 21.5. The Morgan fingerprint density at radius 2 is 1.81 bits per heavy atom. The third kappa shape index (κ3) is 7.31. The monoisotopic (exact) mass is 494 g/mol. The molecular weight excluding hydrogens is 460 g/mol. The van der Waals surface area contributed by atoms with Crippen LogP contribution in [0.25, 0.3) is 11.4 Å². The first kappa shape index (κ1) is 26.7. The van der Waals surface area contributed by atoms with E-state index in [0.29, 0.717) is 54.1 Å². The van der Waals surface area contributed by atoms with Crippen LogP contribution in [0.5, 0.6) is 17.2 Å². The van der Waals surface area contributed by atoms with Crippen molar-refractivity contribution in [1.29, 1.82) is 0 Å². The van der Waals surface area contributed by atoms with Gasteiger partial charge in [-0.25, -0.2) is 0 Å². The van der Waals surface area contributed by atoms with Gasteiger partial charge in [0.05, 0.1) is 20.8 Å². The first-order valence-corrected chi connectivity index (χ1v) is 11.9. The maximum Gasteiger partial charge on any atom is 0.273 e. The number of hydrogen-bond acceptors (Lipinski definition) is 7. The minimum absolute atomic E-state index is 0.0734. The minimum atomic E-state index is -0.353. The van der Waals surface area contributed by atoms with Gasteiger partial charge in [-0.05, 0) is 42.2 Å². The number of benzene rings is 2. The summed E-state index contributed by atoms with van der Waals surface area (Å²) in [5.41, 5.74) is 1.61. The molecule has 1 N–H and O–H groups in total. The van der Waals surface area contributed by atoms with E-state index < -0.39 is 0 Å². The Kier molecular flexibility index (Phi) is 9.44. The van der Waals surface area contributed by atoms with Crippen molar-refractivity contribution in [2.24, 2.45) is 5.92 Å². The summed E-state index contributed by atoms with van der Waals surface area (Å²) >= 11 is 0. The summed E-state index contributed by atoms with van der Waals surface area (Å²) in [4.78, 5) is 29.6. The highest BCUT2D eigenvalue weighted by atomic mass is 16.5. The van der Waals surface area contributed by atoms with Crippen LogP contribution in [0.4, 0.5) is 0 Å². The van der Waals surface area contributed by atoms with Crippen molar-refractivity contribution in [2.75, 3.05) is 34.4 Å². The number of H-pyrrole nitrogens is 1. The van der Waals surface area contributed by atoms with Crippen LogP contribution in [0.15, 0.2) is 47.3 Å². The third-order valence-electron chi connectivity index (χ3n) is 5.64. The first-order valence-electron chi connectivity index (χ1n) is 11.9. The quantitative estimate of drug-likeness (QED) is 0.411. The molecule has 0 bridgehead atoms. The number of amides is 1. The second kappa shape index (κ2) is 12.7. The van der Waals surface area contributed by atoms with Gasteiger partial charge in [0.15, 0.2) is 17.3 Å². The minimum Gasteiger partial charge on any atom is -0.493 e. The van der Waals surface area contributed by atoms with Crippen molar-refractivity contribution in [3.05, 3.63) is 64.1 Å². The number of aromatic nitrogens is 3. The molecule has 1 amide bonds. The lowest BCUT2D eigenvalue weighted by Gasteiger charge is -2.17. The third-order valence-corrected chi connectivity index (χ3v) is 5.64. The summed E-state index contributed by atoms with van der Waals surface area (Å²) < 4.78 is 16.3. The molecule has 3 aromatic rings. The van der Waals surface area contributed by atoms with Crippen molar-refractivity contribution in [2.45, 2.75) is 33.1 Å². The molecule has 0 aliphatic rings. The number of rotatable bonds is 12. The van der Waals surface area contributed by atoms with Gasteiger partial charge < -0.3 is 24.1 Å². The number of hydrogen-bond donors (Lipinski definition) is 1. The summed E-state index contributed by atoms with van der Waals surface area (Å²) in [5, 5.41) is 8.25. The van der Waals surface area contributed by atoms with Crippen LogP contribution in [-0.4, -0.2) is 60.4 Å². The molecule has 1 aromatic heterocycles. The van der Waals surface area contributed by atoms with E-state index in [1.165, 1.54) is 0 Å². The SMILES string of the molecule is COc1ccc(CCN(C)C(=O)CCc2nnc(-c3cccc(OCC(C)C)c3)[nH]c2=O)cc1OC. The number of nitrogens with one attached hydrogen (secondary N) is 1. The average molecular weight is 495 g/mol. The molecule has 1 heterocycles. The molecule has 0 unspecified atom stereocenters. The summed E-state index contributed by atoms with van der Waals surface area (Å²) in [5.74, 6) is 2.71. The van der Waals surface area contributed by atoms with Crippen molar-refractivity contribution in [3.8, 4) is 28.6 Å². The Bertz CT molecular complexity index is 1220. The van der Waals surface area contributed by atoms with Crippen molar-refractivity contribution in [3.63, 3.8) is 0 Å². The standard InChI is InChI=1S/C27H34N4O5/c1-18(2)17-36-21-8-6-7-20(16-21)26-28-27(33)22(29-30-26)10-12-25(32)31(3)14-13-19-9-11-23(34-4)24(15-19)35-5/h6-9,11,15-16,18H,10,12-14,17H2,1-5H3,(H,28,30,33). The molecule has 36 heavy (non-hydrogen) atoms. The van der Waals surface area contributed by atoms with Gasteiger partial charge in [0, 0.05) is 32.0 Å². The van der Waals surface area contributed by atoms with Crippen LogP contribution in [-0.2, 0) is 17.6 Å². The Labute approximate surface area is 211 Å². The number of aryl methyl sites for hydroxylation is 1. The fourth-order valence-corrected chi connectivity index (χ4v) is 3.52. The molecule has 9 heteroatoms. The van der Waals surface area contributed by atoms with Crippen molar-refractivity contribution < 1.29 is 19.0 Å². The molecule has 0 saturated carbocycles. The number of carbonyl (C=O) groups excluding carboxylic acids is 1. The lowest BCUT2D eigenvalue weighted by atomic mass is 10.1. The Balaban J connectivity index is 1.55. The Morgan fingerprint density at radius 3 is 2.50 bits per heavy atom. The predicted octanol–water partition coefficient (Wildman–Crippen LogP) is 3.52. The van der Waals surface area contributed by atoms with E-state index in [0.717, 1.165) is 5.56 Å². The van der Waals surface area contributed by atoms with E-state index >= 15 is 0 Å². The maximum atomic E-state index is 12.6. The molecule has 0 atom stereocenters. The number of aromatic amines is 1. The zero-order valence-corrected chi connectivity index (χ0v) is 21.5. The van der Waals surface area contributed by atoms with Crippen LogP contribution in [0.2, 0.25) is 0 Å². The second-order valence-corrected chi connectivity index (χ2v) is 8.94. The molecule has 0 radical (unpaired) electrons. The van der Waals surface area contributed by atoms with Gasteiger partial charge in [0.25, 0.3) is 5.56 Å². The molecule has 2 aromatic carbocycles. The van der Waals surface area contributed by atoms with E-state index in [4.69, 9.17) is 14.2 Å². The van der Waals surface area contributed by atoms with Gasteiger partial charge in [-0.1, -0.05) is 32.0 Å². The number of methoxy groups -OCH3 is 2. The molecule has 192 valence electrons. The smallest absolute Gasteiger partial charge is 0.273 e. The van der Waals surface area contributed by atoms with Crippen LogP contribution in [0.3, 0.4) is 0 Å². The molecule has 0 spiro atoms.